The molecule has 2 aromatic rings. The van der Waals surface area contributed by atoms with Crippen LogP contribution in [0.4, 0.5) is 0 Å². The Hall–Kier alpha value is -2.36. The van der Waals surface area contributed by atoms with Gasteiger partial charge in [0.05, 0.1) is 5.56 Å². The first kappa shape index (κ1) is 17.0. The quantitative estimate of drug-likeness (QED) is 0.805. The molecule has 1 aromatic heterocycles. The highest BCUT2D eigenvalue weighted by Gasteiger charge is 2.24. The molecule has 0 aliphatic carbocycles. The lowest BCUT2D eigenvalue weighted by Gasteiger charge is -2.16. The Bertz CT molecular complexity index is 721. The average Bonchev–Trinajstić information content (AvgIpc) is 2.79. The number of aromatic nitrogens is 1. The number of para-hydroxylation sites is 1. The molecule has 4 heteroatoms. The molecule has 0 aliphatic rings. The predicted octanol–water partition coefficient (Wildman–Crippen LogP) is 3.87. The van der Waals surface area contributed by atoms with Crippen LogP contribution in [-0.4, -0.2) is 22.9 Å². The molecular weight excluding hydrogens is 290 g/mol. The highest BCUT2D eigenvalue weighted by atomic mass is 16.5. The molecule has 0 fully saturated rings. The normalized spacial score (nSPS) is 11.3. The summed E-state index contributed by atoms with van der Waals surface area (Å²) in [7, 11) is 0. The second-order valence-corrected chi connectivity index (χ2v) is 6.71. The molecule has 122 valence electrons. The Labute approximate surface area is 137 Å². The Balaban J connectivity index is 2.22. The smallest absolute Gasteiger partial charge is 0.340 e. The number of rotatable bonds is 4. The molecule has 0 radical (unpaired) electrons. The fourth-order valence-electron chi connectivity index (χ4n) is 2.37. The van der Waals surface area contributed by atoms with Gasteiger partial charge in [-0.25, -0.2) is 4.79 Å². The van der Waals surface area contributed by atoms with E-state index in [0.717, 1.165) is 17.1 Å². The van der Waals surface area contributed by atoms with E-state index in [0.29, 0.717) is 5.56 Å². The topological polar surface area (TPSA) is 48.3 Å². The monoisotopic (exact) mass is 313 g/mol. The summed E-state index contributed by atoms with van der Waals surface area (Å²) in [6.07, 6.45) is 0. The number of ketones is 1. The van der Waals surface area contributed by atoms with E-state index in [1.54, 1.807) is 6.07 Å². The van der Waals surface area contributed by atoms with Crippen LogP contribution in [0.2, 0.25) is 0 Å². The van der Waals surface area contributed by atoms with Crippen molar-refractivity contribution >= 4 is 11.8 Å². The Morgan fingerprint density at radius 3 is 2.26 bits per heavy atom. The third-order valence-corrected chi connectivity index (χ3v) is 3.84. The lowest BCUT2D eigenvalue weighted by molar-refractivity contribution is -0.129. The number of aryl methyl sites for hydroxylation is 1. The van der Waals surface area contributed by atoms with Crippen LogP contribution in [0.5, 0.6) is 0 Å². The van der Waals surface area contributed by atoms with E-state index in [4.69, 9.17) is 4.74 Å². The summed E-state index contributed by atoms with van der Waals surface area (Å²) in [5, 5.41) is 0. The van der Waals surface area contributed by atoms with Gasteiger partial charge in [-0.15, -0.1) is 0 Å². The van der Waals surface area contributed by atoms with Gasteiger partial charge in [0.15, 0.2) is 12.4 Å². The minimum atomic E-state index is -0.513. The van der Waals surface area contributed by atoms with Crippen molar-refractivity contribution in [3.05, 3.63) is 53.3 Å². The summed E-state index contributed by atoms with van der Waals surface area (Å²) in [5.41, 5.74) is 2.73. The number of ether oxygens (including phenoxy) is 1. The van der Waals surface area contributed by atoms with Gasteiger partial charge in [0.1, 0.15) is 0 Å². The number of carbonyl (C=O) groups excluding carboxylic acids is 2. The minimum Gasteiger partial charge on any atom is -0.454 e. The van der Waals surface area contributed by atoms with Gasteiger partial charge in [-0.3, -0.25) is 4.79 Å². The minimum absolute atomic E-state index is 0.0947. The first-order valence-electron chi connectivity index (χ1n) is 7.66. The van der Waals surface area contributed by atoms with E-state index in [-0.39, 0.29) is 12.4 Å². The predicted molar refractivity (Wildman–Crippen MR) is 90.0 cm³/mol. The fraction of sp³-hybridized carbons (Fsp3) is 0.368. The zero-order valence-corrected chi connectivity index (χ0v) is 14.3. The molecule has 1 aromatic carbocycles. The maximum absolute atomic E-state index is 12.3. The van der Waals surface area contributed by atoms with Crippen LogP contribution in [0.15, 0.2) is 36.4 Å². The van der Waals surface area contributed by atoms with Crippen molar-refractivity contribution in [2.24, 2.45) is 5.41 Å². The van der Waals surface area contributed by atoms with Gasteiger partial charge in [0.25, 0.3) is 0 Å². The number of hydrogen-bond donors (Lipinski definition) is 0. The van der Waals surface area contributed by atoms with E-state index in [1.807, 2.05) is 69.5 Å². The molecule has 23 heavy (non-hydrogen) atoms. The molecule has 2 rings (SSSR count). The number of Topliss-reactive ketones (excluding diaryl/α,β-unsaturated/α-hetero) is 1. The first-order valence-corrected chi connectivity index (χ1v) is 7.66. The van der Waals surface area contributed by atoms with Gasteiger partial charge in [0, 0.05) is 22.5 Å². The summed E-state index contributed by atoms with van der Waals surface area (Å²) in [6, 6.07) is 11.6. The van der Waals surface area contributed by atoms with Crippen LogP contribution < -0.4 is 0 Å². The number of benzene rings is 1. The van der Waals surface area contributed by atoms with Crippen LogP contribution in [0, 0.1) is 19.3 Å². The van der Waals surface area contributed by atoms with Crippen LogP contribution >= 0.6 is 0 Å². The van der Waals surface area contributed by atoms with E-state index in [2.05, 4.69) is 0 Å². The molecule has 0 bridgehead atoms. The van der Waals surface area contributed by atoms with Gasteiger partial charge in [0.2, 0.25) is 0 Å². The Kier molecular flexibility index (Phi) is 4.73. The second kappa shape index (κ2) is 6.41. The van der Waals surface area contributed by atoms with Gasteiger partial charge in [-0.1, -0.05) is 39.0 Å². The molecule has 0 atom stereocenters. The van der Waals surface area contributed by atoms with Crippen molar-refractivity contribution < 1.29 is 14.3 Å². The van der Waals surface area contributed by atoms with Gasteiger partial charge >= 0.3 is 5.97 Å². The van der Waals surface area contributed by atoms with Crippen LogP contribution in [0.1, 0.15) is 42.5 Å². The van der Waals surface area contributed by atoms with Gasteiger partial charge in [-0.05, 0) is 32.0 Å². The molecule has 0 saturated carbocycles. The number of nitrogens with zero attached hydrogens (tertiary/aromatic N) is 1. The fourth-order valence-corrected chi connectivity index (χ4v) is 2.37. The molecule has 0 unspecified atom stereocenters. The molecule has 1 heterocycles. The van der Waals surface area contributed by atoms with Crippen molar-refractivity contribution in [2.75, 3.05) is 6.61 Å². The zero-order valence-electron chi connectivity index (χ0n) is 14.3. The summed E-state index contributed by atoms with van der Waals surface area (Å²) in [4.78, 5) is 24.2. The van der Waals surface area contributed by atoms with E-state index in [1.165, 1.54) is 0 Å². The van der Waals surface area contributed by atoms with Crippen LogP contribution in [0.25, 0.3) is 5.69 Å². The van der Waals surface area contributed by atoms with Crippen LogP contribution in [-0.2, 0) is 9.53 Å². The highest BCUT2D eigenvalue weighted by molar-refractivity contribution is 5.94. The van der Waals surface area contributed by atoms with Gasteiger partial charge in [-0.2, -0.15) is 0 Å². The lowest BCUT2D eigenvalue weighted by atomic mass is 9.91. The molecule has 0 amide bonds. The number of esters is 1. The third-order valence-electron chi connectivity index (χ3n) is 3.84. The Morgan fingerprint density at radius 1 is 1.09 bits per heavy atom. The highest BCUT2D eigenvalue weighted by Crippen LogP contribution is 2.22. The number of carbonyl (C=O) groups is 2. The van der Waals surface area contributed by atoms with Crippen molar-refractivity contribution in [1.82, 2.24) is 4.57 Å². The lowest BCUT2D eigenvalue weighted by Crippen LogP contribution is -2.26. The van der Waals surface area contributed by atoms with Crippen LogP contribution in [0.3, 0.4) is 0 Å². The largest absolute Gasteiger partial charge is 0.454 e. The molecule has 4 nitrogen and oxygen atoms in total. The standard InChI is InChI=1S/C19H23NO3/c1-13-11-16(18(22)23-12-17(21)19(3,4)5)14(2)20(13)15-9-7-6-8-10-15/h6-11H,12H2,1-5H3. The second-order valence-electron chi connectivity index (χ2n) is 6.71. The van der Waals surface area contributed by atoms with E-state index < -0.39 is 11.4 Å². The summed E-state index contributed by atoms with van der Waals surface area (Å²) in [6.45, 7) is 9.05. The maximum Gasteiger partial charge on any atom is 0.340 e. The van der Waals surface area contributed by atoms with E-state index in [9.17, 15) is 9.59 Å². The van der Waals surface area contributed by atoms with Crippen molar-refractivity contribution in [1.29, 1.82) is 0 Å². The molecule has 0 N–H and O–H groups in total. The zero-order chi connectivity index (χ0) is 17.2. The number of hydrogen-bond acceptors (Lipinski definition) is 3. The SMILES string of the molecule is Cc1cc(C(=O)OCC(=O)C(C)(C)C)c(C)n1-c1ccccc1. The third kappa shape index (κ3) is 3.70. The average molecular weight is 313 g/mol. The van der Waals surface area contributed by atoms with Crippen molar-refractivity contribution in [3.8, 4) is 5.69 Å². The maximum atomic E-state index is 12.3. The summed E-state index contributed by atoms with van der Waals surface area (Å²) >= 11 is 0. The molecule has 0 spiro atoms. The Morgan fingerprint density at radius 2 is 1.70 bits per heavy atom. The van der Waals surface area contributed by atoms with E-state index >= 15 is 0 Å². The first-order chi connectivity index (χ1) is 10.7. The van der Waals surface area contributed by atoms with Gasteiger partial charge < -0.3 is 9.30 Å². The summed E-state index contributed by atoms with van der Waals surface area (Å²) < 4.78 is 7.20. The molecular formula is C19H23NO3. The summed E-state index contributed by atoms with van der Waals surface area (Å²) in [5.74, 6) is -0.555. The molecule has 0 saturated heterocycles. The van der Waals surface area contributed by atoms with Crippen molar-refractivity contribution in [3.63, 3.8) is 0 Å². The molecule has 0 aliphatic heterocycles. The van der Waals surface area contributed by atoms with Crippen molar-refractivity contribution in [2.45, 2.75) is 34.6 Å².